The van der Waals surface area contributed by atoms with Crippen LogP contribution in [0.1, 0.15) is 37.8 Å². The summed E-state index contributed by atoms with van der Waals surface area (Å²) in [6.07, 6.45) is 2.90. The molecular weight excluding hydrogens is 304 g/mol. The molecule has 3 nitrogen and oxygen atoms in total. The minimum absolute atomic E-state index is 0.0257. The van der Waals surface area contributed by atoms with Crippen LogP contribution in [0.5, 0.6) is 0 Å². The van der Waals surface area contributed by atoms with E-state index >= 15 is 0 Å². The number of halogens is 1. The Bertz CT molecular complexity index is 450. The summed E-state index contributed by atoms with van der Waals surface area (Å²) in [6, 6.07) is 8.49. The predicted molar refractivity (Wildman–Crippen MR) is 80.7 cm³/mol. The number of rotatable bonds is 4. The van der Waals surface area contributed by atoms with Crippen molar-refractivity contribution in [2.45, 2.75) is 32.2 Å². The molecule has 2 unspecified atom stereocenters. The van der Waals surface area contributed by atoms with E-state index in [9.17, 15) is 4.79 Å². The van der Waals surface area contributed by atoms with Gasteiger partial charge in [0.1, 0.15) is 0 Å². The Morgan fingerprint density at radius 2 is 2.37 bits per heavy atom. The Morgan fingerprint density at radius 3 is 3.05 bits per heavy atom. The van der Waals surface area contributed by atoms with Gasteiger partial charge in [-0.3, -0.25) is 4.79 Å². The van der Waals surface area contributed by atoms with E-state index in [1.807, 2.05) is 24.0 Å². The highest BCUT2D eigenvalue weighted by Crippen LogP contribution is 2.34. The number of amides is 1. The molecule has 2 rings (SSSR count). The van der Waals surface area contributed by atoms with Gasteiger partial charge in [0.25, 0.3) is 0 Å². The van der Waals surface area contributed by atoms with Crippen LogP contribution in [0.4, 0.5) is 0 Å². The van der Waals surface area contributed by atoms with Gasteiger partial charge in [-0.25, -0.2) is 0 Å². The topological polar surface area (TPSA) is 46.3 Å². The monoisotopic (exact) mass is 324 g/mol. The average molecular weight is 325 g/mol. The van der Waals surface area contributed by atoms with E-state index < -0.39 is 0 Å². The Labute approximate surface area is 123 Å². The molecule has 0 spiro atoms. The van der Waals surface area contributed by atoms with E-state index in [0.29, 0.717) is 6.54 Å². The van der Waals surface area contributed by atoms with Gasteiger partial charge in [0.2, 0.25) is 5.91 Å². The van der Waals surface area contributed by atoms with Gasteiger partial charge in [0.15, 0.2) is 0 Å². The molecule has 1 aromatic rings. The van der Waals surface area contributed by atoms with Gasteiger partial charge in [-0.15, -0.1) is 0 Å². The molecule has 1 amide bonds. The minimum atomic E-state index is 0.0257. The zero-order valence-corrected chi connectivity index (χ0v) is 12.9. The highest BCUT2D eigenvalue weighted by Gasteiger charge is 2.31. The molecule has 2 N–H and O–H groups in total. The fourth-order valence-corrected chi connectivity index (χ4v) is 3.16. The van der Waals surface area contributed by atoms with Crippen LogP contribution in [0, 0.1) is 5.92 Å². The van der Waals surface area contributed by atoms with Gasteiger partial charge in [0, 0.05) is 16.9 Å². The van der Waals surface area contributed by atoms with E-state index in [0.717, 1.165) is 30.3 Å². The molecule has 0 bridgehead atoms. The lowest BCUT2D eigenvalue weighted by Crippen LogP contribution is -2.35. The summed E-state index contributed by atoms with van der Waals surface area (Å²) < 4.78 is 1.07. The summed E-state index contributed by atoms with van der Waals surface area (Å²) in [5.74, 6) is 0.269. The average Bonchev–Trinajstić information content (AvgIpc) is 2.87. The van der Waals surface area contributed by atoms with Gasteiger partial charge in [-0.1, -0.05) is 35.0 Å². The van der Waals surface area contributed by atoms with Crippen molar-refractivity contribution in [3.8, 4) is 0 Å². The molecule has 0 saturated carbocycles. The second-order valence-corrected chi connectivity index (χ2v) is 6.14. The lowest BCUT2D eigenvalue weighted by atomic mass is 10.0. The summed E-state index contributed by atoms with van der Waals surface area (Å²) >= 11 is 3.50. The molecular formula is C15H21BrN2O. The molecule has 2 atom stereocenters. The first-order chi connectivity index (χ1) is 9.13. The fourth-order valence-electron chi connectivity index (χ4n) is 2.75. The SMILES string of the molecule is CC(CCN)C(=O)N1CCCC1c1cccc(Br)c1. The van der Waals surface area contributed by atoms with Crippen LogP contribution >= 0.6 is 15.9 Å². The third-order valence-corrected chi connectivity index (χ3v) is 4.28. The number of nitrogens with two attached hydrogens (primary N) is 1. The van der Waals surface area contributed by atoms with Gasteiger partial charge >= 0.3 is 0 Å². The van der Waals surface area contributed by atoms with Crippen molar-refractivity contribution in [3.63, 3.8) is 0 Å². The lowest BCUT2D eigenvalue weighted by Gasteiger charge is -2.28. The van der Waals surface area contributed by atoms with Crippen molar-refractivity contribution in [1.29, 1.82) is 0 Å². The number of likely N-dealkylation sites (tertiary alicyclic amines) is 1. The van der Waals surface area contributed by atoms with Crippen molar-refractivity contribution >= 4 is 21.8 Å². The van der Waals surface area contributed by atoms with Crippen LogP contribution < -0.4 is 5.73 Å². The van der Waals surface area contributed by atoms with Gasteiger partial charge in [-0.2, -0.15) is 0 Å². The predicted octanol–water partition coefficient (Wildman–Crippen LogP) is 3.10. The normalized spacial score (nSPS) is 20.6. The smallest absolute Gasteiger partial charge is 0.225 e. The number of benzene rings is 1. The molecule has 0 aliphatic carbocycles. The quantitative estimate of drug-likeness (QED) is 0.925. The largest absolute Gasteiger partial charge is 0.335 e. The number of carbonyl (C=O) groups is 1. The Hall–Kier alpha value is -0.870. The molecule has 1 fully saturated rings. The first kappa shape index (κ1) is 14.5. The summed E-state index contributed by atoms with van der Waals surface area (Å²) in [5, 5.41) is 0. The summed E-state index contributed by atoms with van der Waals surface area (Å²) in [7, 11) is 0. The van der Waals surface area contributed by atoms with Crippen molar-refractivity contribution < 1.29 is 4.79 Å². The Balaban J connectivity index is 2.15. The van der Waals surface area contributed by atoms with Crippen molar-refractivity contribution in [2.75, 3.05) is 13.1 Å². The van der Waals surface area contributed by atoms with Crippen LogP contribution in [-0.2, 0) is 4.79 Å². The van der Waals surface area contributed by atoms with Crippen LogP contribution in [0.15, 0.2) is 28.7 Å². The summed E-state index contributed by atoms with van der Waals surface area (Å²) in [5.41, 5.74) is 6.78. The van der Waals surface area contributed by atoms with Crippen LogP contribution in [-0.4, -0.2) is 23.9 Å². The number of carbonyl (C=O) groups excluding carboxylic acids is 1. The van der Waals surface area contributed by atoms with Crippen LogP contribution in [0.2, 0.25) is 0 Å². The molecule has 0 radical (unpaired) electrons. The molecule has 1 saturated heterocycles. The third-order valence-electron chi connectivity index (χ3n) is 3.79. The van der Waals surface area contributed by atoms with Crippen LogP contribution in [0.3, 0.4) is 0 Å². The van der Waals surface area contributed by atoms with Crippen molar-refractivity contribution in [2.24, 2.45) is 11.7 Å². The van der Waals surface area contributed by atoms with Gasteiger partial charge in [0.05, 0.1) is 6.04 Å². The highest BCUT2D eigenvalue weighted by molar-refractivity contribution is 9.10. The minimum Gasteiger partial charge on any atom is -0.335 e. The Kier molecular flexibility index (Phi) is 4.99. The molecule has 1 aliphatic rings. The number of nitrogens with zero attached hydrogens (tertiary/aromatic N) is 1. The molecule has 19 heavy (non-hydrogen) atoms. The molecule has 1 aliphatic heterocycles. The van der Waals surface area contributed by atoms with Gasteiger partial charge in [-0.05, 0) is 43.5 Å². The number of hydrogen-bond donors (Lipinski definition) is 1. The zero-order valence-electron chi connectivity index (χ0n) is 11.3. The van der Waals surface area contributed by atoms with E-state index in [1.165, 1.54) is 5.56 Å². The van der Waals surface area contributed by atoms with E-state index in [4.69, 9.17) is 5.73 Å². The third kappa shape index (κ3) is 3.37. The molecule has 4 heteroatoms. The fraction of sp³-hybridized carbons (Fsp3) is 0.533. The highest BCUT2D eigenvalue weighted by atomic mass is 79.9. The maximum Gasteiger partial charge on any atom is 0.225 e. The number of hydrogen-bond acceptors (Lipinski definition) is 2. The van der Waals surface area contributed by atoms with E-state index in [-0.39, 0.29) is 17.9 Å². The standard InChI is InChI=1S/C15H21BrN2O/c1-11(7-8-17)15(19)18-9-3-6-14(18)12-4-2-5-13(16)10-12/h2,4-5,10-11,14H,3,6-9,17H2,1H3. The van der Waals surface area contributed by atoms with Crippen LogP contribution in [0.25, 0.3) is 0 Å². The zero-order chi connectivity index (χ0) is 13.8. The van der Waals surface area contributed by atoms with Gasteiger partial charge < -0.3 is 10.6 Å². The Morgan fingerprint density at radius 1 is 1.58 bits per heavy atom. The van der Waals surface area contributed by atoms with Crippen molar-refractivity contribution in [1.82, 2.24) is 4.90 Å². The summed E-state index contributed by atoms with van der Waals surface area (Å²) in [4.78, 5) is 14.5. The van der Waals surface area contributed by atoms with Crippen molar-refractivity contribution in [3.05, 3.63) is 34.3 Å². The maximum absolute atomic E-state index is 12.5. The first-order valence-electron chi connectivity index (χ1n) is 6.89. The molecule has 104 valence electrons. The lowest BCUT2D eigenvalue weighted by molar-refractivity contribution is -0.136. The second-order valence-electron chi connectivity index (χ2n) is 5.22. The molecule has 1 heterocycles. The van der Waals surface area contributed by atoms with E-state index in [1.54, 1.807) is 0 Å². The van der Waals surface area contributed by atoms with E-state index in [2.05, 4.69) is 28.1 Å². The maximum atomic E-state index is 12.5. The first-order valence-corrected chi connectivity index (χ1v) is 7.68. The summed E-state index contributed by atoms with van der Waals surface area (Å²) in [6.45, 7) is 3.42. The molecule has 1 aromatic carbocycles. The second kappa shape index (κ2) is 6.53. The molecule has 0 aromatic heterocycles.